The Hall–Kier alpha value is -2.06. The molecule has 1 aromatic carbocycles. The second kappa shape index (κ2) is 8.11. The molecule has 1 unspecified atom stereocenters. The van der Waals surface area contributed by atoms with Gasteiger partial charge in [-0.1, -0.05) is 17.7 Å². The molecule has 102 valence electrons. The first-order valence-electron chi connectivity index (χ1n) is 6.18. The van der Waals surface area contributed by atoms with E-state index in [2.05, 4.69) is 10.6 Å². The van der Waals surface area contributed by atoms with Crippen molar-refractivity contribution in [1.82, 2.24) is 10.6 Å². The minimum absolute atomic E-state index is 0.0365. The number of carbonyl (C=O) groups excluding carboxylic acids is 1. The zero-order valence-electron chi connectivity index (χ0n) is 11.3. The highest BCUT2D eigenvalue weighted by atomic mass is 16.5. The summed E-state index contributed by atoms with van der Waals surface area (Å²) >= 11 is 0. The summed E-state index contributed by atoms with van der Waals surface area (Å²) in [5, 5.41) is 13.8. The number of ether oxygens (including phenoxy) is 1. The number of nitriles is 1. The van der Waals surface area contributed by atoms with E-state index in [-0.39, 0.29) is 25.0 Å². The molecule has 0 aliphatic carbocycles. The van der Waals surface area contributed by atoms with Crippen LogP contribution in [0.1, 0.15) is 12.5 Å². The molecule has 0 aliphatic heterocycles. The molecule has 5 heteroatoms. The number of nitrogens with zero attached hydrogens (tertiary/aromatic N) is 1. The van der Waals surface area contributed by atoms with Gasteiger partial charge in [-0.2, -0.15) is 5.26 Å². The van der Waals surface area contributed by atoms with E-state index >= 15 is 0 Å². The van der Waals surface area contributed by atoms with Crippen LogP contribution in [-0.4, -0.2) is 31.6 Å². The van der Waals surface area contributed by atoms with Gasteiger partial charge in [0.05, 0.1) is 12.6 Å². The van der Waals surface area contributed by atoms with E-state index in [9.17, 15) is 4.79 Å². The molecule has 0 aromatic heterocycles. The zero-order chi connectivity index (χ0) is 14.1. The molecule has 0 spiro atoms. The van der Waals surface area contributed by atoms with Crippen molar-refractivity contribution in [3.63, 3.8) is 0 Å². The molecule has 1 rings (SSSR count). The number of hydrogen-bond acceptors (Lipinski definition) is 4. The maximum atomic E-state index is 11.3. The number of amides is 1. The summed E-state index contributed by atoms with van der Waals surface area (Å²) < 4.78 is 5.59. The van der Waals surface area contributed by atoms with Crippen molar-refractivity contribution in [2.75, 3.05) is 19.7 Å². The molecule has 0 aliphatic rings. The van der Waals surface area contributed by atoms with Crippen LogP contribution < -0.4 is 15.4 Å². The number of carbonyl (C=O) groups is 1. The van der Waals surface area contributed by atoms with Crippen LogP contribution in [0.3, 0.4) is 0 Å². The molecule has 0 bridgehead atoms. The molecule has 0 fully saturated rings. The van der Waals surface area contributed by atoms with E-state index in [1.165, 1.54) is 5.56 Å². The van der Waals surface area contributed by atoms with Crippen LogP contribution in [-0.2, 0) is 4.79 Å². The van der Waals surface area contributed by atoms with Crippen LogP contribution in [0.4, 0.5) is 0 Å². The van der Waals surface area contributed by atoms with E-state index in [0.29, 0.717) is 6.61 Å². The Kier molecular flexibility index (Phi) is 6.41. The van der Waals surface area contributed by atoms with Gasteiger partial charge < -0.3 is 15.4 Å². The van der Waals surface area contributed by atoms with Gasteiger partial charge >= 0.3 is 0 Å². The molecule has 0 saturated heterocycles. The number of nitrogens with one attached hydrogen (secondary N) is 2. The van der Waals surface area contributed by atoms with Gasteiger partial charge in [-0.05, 0) is 26.0 Å². The van der Waals surface area contributed by atoms with Crippen molar-refractivity contribution in [3.8, 4) is 11.8 Å². The average molecular weight is 261 g/mol. The van der Waals surface area contributed by atoms with E-state index in [0.717, 1.165) is 5.75 Å². The van der Waals surface area contributed by atoms with E-state index in [4.69, 9.17) is 10.00 Å². The maximum Gasteiger partial charge on any atom is 0.234 e. The van der Waals surface area contributed by atoms with Crippen molar-refractivity contribution in [2.24, 2.45) is 0 Å². The van der Waals surface area contributed by atoms with Crippen molar-refractivity contribution < 1.29 is 9.53 Å². The van der Waals surface area contributed by atoms with Gasteiger partial charge in [-0.15, -0.1) is 0 Å². The monoisotopic (exact) mass is 261 g/mol. The first-order chi connectivity index (χ1) is 9.11. The van der Waals surface area contributed by atoms with E-state index < -0.39 is 0 Å². The second-order valence-corrected chi connectivity index (χ2v) is 4.34. The first kappa shape index (κ1) is 15.0. The summed E-state index contributed by atoms with van der Waals surface area (Å²) in [6.07, 6.45) is 0. The first-order valence-corrected chi connectivity index (χ1v) is 6.18. The van der Waals surface area contributed by atoms with Crippen molar-refractivity contribution in [3.05, 3.63) is 29.8 Å². The van der Waals surface area contributed by atoms with Crippen LogP contribution in [0.5, 0.6) is 5.75 Å². The summed E-state index contributed by atoms with van der Waals surface area (Å²) in [5.74, 6) is 0.622. The van der Waals surface area contributed by atoms with Gasteiger partial charge in [0.25, 0.3) is 0 Å². The number of hydrogen-bond donors (Lipinski definition) is 2. The zero-order valence-corrected chi connectivity index (χ0v) is 11.3. The average Bonchev–Trinajstić information content (AvgIpc) is 2.42. The fourth-order valence-corrected chi connectivity index (χ4v) is 1.38. The summed E-state index contributed by atoms with van der Waals surface area (Å²) in [4.78, 5) is 11.3. The highest BCUT2D eigenvalue weighted by molar-refractivity contribution is 5.78. The minimum atomic E-state index is -0.191. The largest absolute Gasteiger partial charge is 0.492 e. The summed E-state index contributed by atoms with van der Waals surface area (Å²) in [5.41, 5.74) is 1.19. The SMILES string of the molecule is Cc1ccc(OCC(C)NCC(=O)NCC#N)cc1. The number of aryl methyl sites for hydroxylation is 1. The standard InChI is InChI=1S/C14H19N3O2/c1-11-3-5-13(6-4-11)19-10-12(2)17-9-14(18)16-8-7-15/h3-6,12,17H,8-10H2,1-2H3,(H,16,18). The van der Waals surface area contributed by atoms with Gasteiger partial charge in [-0.25, -0.2) is 0 Å². The van der Waals surface area contributed by atoms with Crippen LogP contribution in [0.15, 0.2) is 24.3 Å². The molecule has 19 heavy (non-hydrogen) atoms. The topological polar surface area (TPSA) is 74.2 Å². The molecular weight excluding hydrogens is 242 g/mol. The predicted molar refractivity (Wildman–Crippen MR) is 72.8 cm³/mol. The Morgan fingerprint density at radius 3 is 2.74 bits per heavy atom. The highest BCUT2D eigenvalue weighted by Crippen LogP contribution is 2.11. The van der Waals surface area contributed by atoms with Crippen LogP contribution >= 0.6 is 0 Å². The van der Waals surface area contributed by atoms with Crippen molar-refractivity contribution in [2.45, 2.75) is 19.9 Å². The molecule has 0 saturated carbocycles. The number of benzene rings is 1. The summed E-state index contributed by atoms with van der Waals surface area (Å²) in [6, 6.07) is 9.72. The second-order valence-electron chi connectivity index (χ2n) is 4.34. The third kappa shape index (κ3) is 6.43. The molecule has 1 aromatic rings. The maximum absolute atomic E-state index is 11.3. The summed E-state index contributed by atoms with van der Waals surface area (Å²) in [7, 11) is 0. The van der Waals surface area contributed by atoms with Crippen molar-refractivity contribution >= 4 is 5.91 Å². The Morgan fingerprint density at radius 2 is 2.11 bits per heavy atom. The van der Waals surface area contributed by atoms with E-state index in [1.54, 1.807) is 0 Å². The molecule has 1 amide bonds. The van der Waals surface area contributed by atoms with Crippen LogP contribution in [0.25, 0.3) is 0 Å². The lowest BCUT2D eigenvalue weighted by Gasteiger charge is -2.14. The minimum Gasteiger partial charge on any atom is -0.492 e. The van der Waals surface area contributed by atoms with Gasteiger partial charge in [0.1, 0.15) is 18.9 Å². The van der Waals surface area contributed by atoms with Gasteiger partial charge in [0, 0.05) is 6.04 Å². The summed E-state index contributed by atoms with van der Waals surface area (Å²) in [6.45, 7) is 4.66. The quantitative estimate of drug-likeness (QED) is 0.718. The highest BCUT2D eigenvalue weighted by Gasteiger charge is 2.05. The third-order valence-corrected chi connectivity index (χ3v) is 2.50. The van der Waals surface area contributed by atoms with Gasteiger partial charge in [0.15, 0.2) is 0 Å². The Balaban J connectivity index is 2.21. The van der Waals surface area contributed by atoms with Crippen LogP contribution in [0, 0.1) is 18.3 Å². The Labute approximate surface area is 113 Å². The predicted octanol–water partition coefficient (Wildman–Crippen LogP) is 0.992. The number of rotatable bonds is 7. The van der Waals surface area contributed by atoms with Gasteiger partial charge in [-0.3, -0.25) is 4.79 Å². The molecule has 2 N–H and O–H groups in total. The molecule has 1 atom stereocenters. The molecular formula is C14H19N3O2. The van der Waals surface area contributed by atoms with Gasteiger partial charge in [0.2, 0.25) is 5.91 Å². The fourth-order valence-electron chi connectivity index (χ4n) is 1.38. The van der Waals surface area contributed by atoms with Crippen LogP contribution in [0.2, 0.25) is 0 Å². The van der Waals surface area contributed by atoms with E-state index in [1.807, 2.05) is 44.2 Å². The third-order valence-electron chi connectivity index (χ3n) is 2.50. The molecule has 0 heterocycles. The lowest BCUT2D eigenvalue weighted by atomic mass is 10.2. The molecule has 5 nitrogen and oxygen atoms in total. The van der Waals surface area contributed by atoms with Crippen molar-refractivity contribution in [1.29, 1.82) is 5.26 Å². The Morgan fingerprint density at radius 1 is 1.42 bits per heavy atom. The fraction of sp³-hybridized carbons (Fsp3) is 0.429. The Bertz CT molecular complexity index is 437. The molecule has 0 radical (unpaired) electrons. The lowest BCUT2D eigenvalue weighted by Crippen LogP contribution is -2.40. The lowest BCUT2D eigenvalue weighted by molar-refractivity contribution is -0.120. The smallest absolute Gasteiger partial charge is 0.234 e. The normalized spacial score (nSPS) is 11.4.